The molecule has 144 valence electrons. The molecule has 0 bridgehead atoms. The average Bonchev–Trinajstić information content (AvgIpc) is 3.29. The molecule has 0 aliphatic carbocycles. The van der Waals surface area contributed by atoms with Gasteiger partial charge in [0.05, 0.1) is 17.5 Å². The molecule has 0 saturated heterocycles. The van der Waals surface area contributed by atoms with Crippen molar-refractivity contribution in [3.63, 3.8) is 0 Å². The second kappa shape index (κ2) is 7.38. The van der Waals surface area contributed by atoms with Gasteiger partial charge in [0, 0.05) is 36.9 Å². The third-order valence-electron chi connectivity index (χ3n) is 4.87. The Labute approximate surface area is 162 Å². The van der Waals surface area contributed by atoms with Gasteiger partial charge in [0.15, 0.2) is 5.65 Å². The molecule has 1 atom stereocenters. The summed E-state index contributed by atoms with van der Waals surface area (Å²) in [7, 11) is 0. The first-order valence-electron chi connectivity index (χ1n) is 9.55. The summed E-state index contributed by atoms with van der Waals surface area (Å²) >= 11 is 0. The second-order valence-corrected chi connectivity index (χ2v) is 7.02. The van der Waals surface area contributed by atoms with Gasteiger partial charge in [0.1, 0.15) is 5.69 Å². The largest absolute Gasteiger partial charge is 0.317 e. The van der Waals surface area contributed by atoms with E-state index in [0.717, 1.165) is 30.5 Å². The summed E-state index contributed by atoms with van der Waals surface area (Å²) in [5, 5.41) is 7.10. The lowest BCUT2D eigenvalue weighted by Crippen LogP contribution is -2.13. The van der Waals surface area contributed by atoms with E-state index in [2.05, 4.69) is 39.2 Å². The summed E-state index contributed by atoms with van der Waals surface area (Å²) in [6, 6.07) is 0. The van der Waals surface area contributed by atoms with E-state index < -0.39 is 0 Å². The van der Waals surface area contributed by atoms with Gasteiger partial charge in [0.2, 0.25) is 5.78 Å². The molecule has 0 aliphatic heterocycles. The van der Waals surface area contributed by atoms with Crippen molar-refractivity contribution in [2.24, 2.45) is 0 Å². The molecule has 0 fully saturated rings. The molecular weight excluding hydrogens is 354 g/mol. The van der Waals surface area contributed by atoms with Crippen molar-refractivity contribution in [1.29, 1.82) is 0 Å². The van der Waals surface area contributed by atoms with Crippen molar-refractivity contribution in [2.45, 2.75) is 46.0 Å². The highest BCUT2D eigenvalue weighted by Gasteiger charge is 2.16. The van der Waals surface area contributed by atoms with E-state index >= 15 is 0 Å². The molecule has 0 radical (unpaired) electrons. The highest BCUT2D eigenvalue weighted by atomic mass is 16.1. The molecule has 8 nitrogen and oxygen atoms in total. The van der Waals surface area contributed by atoms with Crippen LogP contribution < -0.4 is 5.32 Å². The predicted octanol–water partition coefficient (Wildman–Crippen LogP) is 3.63. The molecule has 28 heavy (non-hydrogen) atoms. The van der Waals surface area contributed by atoms with E-state index in [1.165, 1.54) is 0 Å². The molecule has 1 N–H and O–H groups in total. The molecule has 0 spiro atoms. The van der Waals surface area contributed by atoms with Crippen LogP contribution in [0.3, 0.4) is 0 Å². The van der Waals surface area contributed by atoms with Crippen molar-refractivity contribution in [2.75, 3.05) is 5.32 Å². The van der Waals surface area contributed by atoms with Crippen molar-refractivity contribution < 1.29 is 4.79 Å². The zero-order valence-corrected chi connectivity index (χ0v) is 16.3. The zero-order valence-electron chi connectivity index (χ0n) is 16.3. The lowest BCUT2D eigenvalue weighted by Gasteiger charge is -2.09. The van der Waals surface area contributed by atoms with E-state index in [9.17, 15) is 4.79 Å². The topological polar surface area (TPSA) is 89.5 Å². The first kappa shape index (κ1) is 18.1. The monoisotopic (exact) mass is 377 g/mol. The van der Waals surface area contributed by atoms with E-state index in [1.807, 2.05) is 23.7 Å². The number of aromatic nitrogens is 6. The summed E-state index contributed by atoms with van der Waals surface area (Å²) in [4.78, 5) is 26.0. The van der Waals surface area contributed by atoms with Crippen molar-refractivity contribution >= 4 is 23.0 Å². The maximum atomic E-state index is 12.7. The quantitative estimate of drug-likeness (QED) is 0.554. The standard InChI is InChI=1S/C20H23N7O/c1-4-6-14(5-2)17-12-26-11-15(8-22-20(26)25-17)19(28)24-16-9-23-27-10-13(3)7-21-18(16)27/h7-12,14H,4-6H2,1-3H3,(H,24,28). The van der Waals surface area contributed by atoms with Crippen molar-refractivity contribution in [3.05, 3.63) is 54.0 Å². The van der Waals surface area contributed by atoms with Gasteiger partial charge in [-0.15, -0.1) is 0 Å². The molecule has 4 aromatic rings. The highest BCUT2D eigenvalue weighted by molar-refractivity contribution is 6.05. The van der Waals surface area contributed by atoms with Crippen LogP contribution in [0.4, 0.5) is 5.69 Å². The van der Waals surface area contributed by atoms with Gasteiger partial charge < -0.3 is 5.32 Å². The van der Waals surface area contributed by atoms with Crippen LogP contribution in [0.25, 0.3) is 11.4 Å². The Bertz CT molecular complexity index is 1140. The normalized spacial score (nSPS) is 12.5. The minimum Gasteiger partial charge on any atom is -0.317 e. The minimum absolute atomic E-state index is 0.262. The third kappa shape index (κ3) is 3.33. The molecule has 4 heterocycles. The number of imidazole rings is 1. The Balaban J connectivity index is 1.60. The summed E-state index contributed by atoms with van der Waals surface area (Å²) in [6.45, 7) is 6.29. The van der Waals surface area contributed by atoms with E-state index in [1.54, 1.807) is 29.3 Å². The SMILES string of the molecule is CCCC(CC)c1cn2cc(C(=O)Nc3cnn4cc(C)cnc34)cnc2n1. The number of rotatable bonds is 6. The van der Waals surface area contributed by atoms with Crippen molar-refractivity contribution in [1.82, 2.24) is 29.0 Å². The lowest BCUT2D eigenvalue weighted by molar-refractivity contribution is 0.102. The van der Waals surface area contributed by atoms with Crippen LogP contribution in [0.5, 0.6) is 0 Å². The number of anilines is 1. The molecule has 0 saturated carbocycles. The first-order valence-corrected chi connectivity index (χ1v) is 9.55. The lowest BCUT2D eigenvalue weighted by atomic mass is 9.98. The van der Waals surface area contributed by atoms with E-state index in [4.69, 9.17) is 0 Å². The molecule has 4 aromatic heterocycles. The van der Waals surface area contributed by atoms with Gasteiger partial charge in [-0.2, -0.15) is 5.10 Å². The zero-order chi connectivity index (χ0) is 19.7. The van der Waals surface area contributed by atoms with E-state index in [0.29, 0.717) is 28.6 Å². The molecular formula is C20H23N7O. The van der Waals surface area contributed by atoms with Gasteiger partial charge in [-0.05, 0) is 25.3 Å². The van der Waals surface area contributed by atoms with Crippen LogP contribution in [-0.4, -0.2) is 34.9 Å². The maximum Gasteiger partial charge on any atom is 0.258 e. The summed E-state index contributed by atoms with van der Waals surface area (Å²) in [5.41, 5.74) is 3.63. The third-order valence-corrected chi connectivity index (χ3v) is 4.87. The van der Waals surface area contributed by atoms with Crippen LogP contribution in [-0.2, 0) is 0 Å². The number of nitrogens with one attached hydrogen (secondary N) is 1. The number of amides is 1. The maximum absolute atomic E-state index is 12.7. The number of hydrogen-bond acceptors (Lipinski definition) is 5. The van der Waals surface area contributed by atoms with Gasteiger partial charge in [-0.3, -0.25) is 9.20 Å². The van der Waals surface area contributed by atoms with Gasteiger partial charge >= 0.3 is 0 Å². The van der Waals surface area contributed by atoms with Crippen LogP contribution >= 0.6 is 0 Å². The molecule has 0 aliphatic rings. The minimum atomic E-state index is -0.262. The Morgan fingerprint density at radius 3 is 2.79 bits per heavy atom. The molecule has 0 aromatic carbocycles. The number of aryl methyl sites for hydroxylation is 1. The number of nitrogens with zero attached hydrogens (tertiary/aromatic N) is 6. The molecule has 8 heteroatoms. The second-order valence-electron chi connectivity index (χ2n) is 7.02. The van der Waals surface area contributed by atoms with E-state index in [-0.39, 0.29) is 5.91 Å². The Morgan fingerprint density at radius 1 is 1.14 bits per heavy atom. The predicted molar refractivity (Wildman–Crippen MR) is 107 cm³/mol. The fourth-order valence-corrected chi connectivity index (χ4v) is 3.38. The first-order chi connectivity index (χ1) is 13.6. The number of fused-ring (bicyclic) bond motifs is 2. The Kier molecular flexibility index (Phi) is 4.77. The Hall–Kier alpha value is -3.29. The summed E-state index contributed by atoms with van der Waals surface area (Å²) in [5.74, 6) is 0.758. The summed E-state index contributed by atoms with van der Waals surface area (Å²) in [6.07, 6.45) is 13.7. The smallest absolute Gasteiger partial charge is 0.258 e. The average molecular weight is 377 g/mol. The number of hydrogen-bond donors (Lipinski definition) is 1. The van der Waals surface area contributed by atoms with Gasteiger partial charge in [-0.1, -0.05) is 20.3 Å². The van der Waals surface area contributed by atoms with Crippen LogP contribution in [0.15, 0.2) is 37.2 Å². The molecule has 1 amide bonds. The summed E-state index contributed by atoms with van der Waals surface area (Å²) < 4.78 is 3.47. The van der Waals surface area contributed by atoms with Crippen LogP contribution in [0.1, 0.15) is 60.6 Å². The molecule has 4 rings (SSSR count). The van der Waals surface area contributed by atoms with Gasteiger partial charge in [-0.25, -0.2) is 19.5 Å². The fourth-order valence-electron chi connectivity index (χ4n) is 3.38. The van der Waals surface area contributed by atoms with Crippen LogP contribution in [0.2, 0.25) is 0 Å². The Morgan fingerprint density at radius 2 is 2.00 bits per heavy atom. The fraction of sp³-hybridized carbons (Fsp3) is 0.350. The molecule has 1 unspecified atom stereocenters. The van der Waals surface area contributed by atoms with Gasteiger partial charge in [0.25, 0.3) is 5.91 Å². The highest BCUT2D eigenvalue weighted by Crippen LogP contribution is 2.24. The van der Waals surface area contributed by atoms with Crippen molar-refractivity contribution in [3.8, 4) is 0 Å². The van der Waals surface area contributed by atoms with Crippen LogP contribution in [0, 0.1) is 6.92 Å². The number of carbonyl (C=O) groups excluding carboxylic acids is 1. The number of carbonyl (C=O) groups is 1.